The van der Waals surface area contributed by atoms with Crippen molar-refractivity contribution in [1.29, 1.82) is 0 Å². The van der Waals surface area contributed by atoms with Crippen molar-refractivity contribution in [3.63, 3.8) is 0 Å². The van der Waals surface area contributed by atoms with Crippen LogP contribution in [0.4, 0.5) is 4.79 Å². The van der Waals surface area contributed by atoms with E-state index in [-0.39, 0.29) is 19.3 Å². The lowest BCUT2D eigenvalue weighted by atomic mass is 9.96. The highest BCUT2D eigenvalue weighted by atomic mass is 16.8. The first-order valence-corrected chi connectivity index (χ1v) is 33.1. The summed E-state index contributed by atoms with van der Waals surface area (Å²) in [5.41, 5.74) is 0.991. The highest BCUT2D eigenvalue weighted by Gasteiger charge is 2.57. The van der Waals surface area contributed by atoms with Crippen molar-refractivity contribution in [1.82, 2.24) is 4.90 Å². The van der Waals surface area contributed by atoms with Crippen LogP contribution in [0.3, 0.4) is 0 Å². The molecule has 1 aromatic carbocycles. The Morgan fingerprint density at radius 1 is 0.375 bits per heavy atom. The molecular weight excluding hydrogens is 1140 g/mol. The maximum Gasteiger partial charge on any atom is 0.410 e. The average Bonchev–Trinajstić information content (AvgIpc) is 1.51. The molecule has 0 N–H and O–H groups in total. The number of hydrogen-bond donors (Lipinski definition) is 0. The number of hydrogen-bond acceptors (Lipinski definition) is 20. The van der Waals surface area contributed by atoms with Crippen LogP contribution in [0.1, 0.15) is 247 Å². The van der Waals surface area contributed by atoms with Gasteiger partial charge in [-0.05, 0) is 24.8 Å². The van der Waals surface area contributed by atoms with E-state index >= 15 is 0 Å². The second-order valence-electron chi connectivity index (χ2n) is 23.5. The quantitative estimate of drug-likeness (QED) is 0.0334. The highest BCUT2D eigenvalue weighted by Crippen LogP contribution is 2.36. The van der Waals surface area contributed by atoms with Crippen molar-refractivity contribution in [2.45, 2.75) is 310 Å². The maximum absolute atomic E-state index is 13.2. The van der Waals surface area contributed by atoms with Gasteiger partial charge in [0.1, 0.15) is 38.1 Å². The predicted octanol–water partition coefficient (Wildman–Crippen LogP) is 12.6. The van der Waals surface area contributed by atoms with Gasteiger partial charge in [0.15, 0.2) is 43.1 Å². The molecule has 2 saturated heterocycles. The number of amides is 1. The molecule has 3 rings (SSSR count). The Morgan fingerprint density at radius 2 is 0.716 bits per heavy atom. The van der Waals surface area contributed by atoms with E-state index in [4.69, 9.17) is 56.8 Å². The van der Waals surface area contributed by atoms with Crippen LogP contribution in [0.25, 0.3) is 0 Å². The van der Waals surface area contributed by atoms with Crippen molar-refractivity contribution < 1.29 is 95.2 Å². The van der Waals surface area contributed by atoms with Gasteiger partial charge in [-0.1, -0.05) is 204 Å². The molecule has 0 spiro atoms. The van der Waals surface area contributed by atoms with Gasteiger partial charge in [0.25, 0.3) is 0 Å². The zero-order valence-corrected chi connectivity index (χ0v) is 54.5. The predicted molar refractivity (Wildman–Crippen MR) is 327 cm³/mol. The number of carbonyl (C=O) groups excluding carboxylic acids is 8. The fourth-order valence-corrected chi connectivity index (χ4v) is 11.1. The van der Waals surface area contributed by atoms with Crippen LogP contribution in [0, 0.1) is 0 Å². The molecule has 21 heteroatoms. The molecule has 0 aliphatic carbocycles. The molecule has 88 heavy (non-hydrogen) atoms. The third-order valence-corrected chi connectivity index (χ3v) is 15.5. The van der Waals surface area contributed by atoms with E-state index in [1.165, 1.54) is 109 Å². The van der Waals surface area contributed by atoms with E-state index < -0.39 is 116 Å². The molecule has 1 aromatic rings. The lowest BCUT2D eigenvalue weighted by Crippen LogP contribution is -2.67. The summed E-state index contributed by atoms with van der Waals surface area (Å²) in [6.45, 7) is 10.8. The fraction of sp³-hybridized carbons (Fsp3) is 0.791. The van der Waals surface area contributed by atoms with Gasteiger partial charge in [-0.2, -0.15) is 0 Å². The largest absolute Gasteiger partial charge is 0.463 e. The number of nitrogens with zero attached hydrogens (tertiary/aromatic N) is 1. The topological polar surface area (TPSA) is 251 Å². The number of unbranched alkanes of at least 4 members (excludes halogenated alkanes) is 27. The van der Waals surface area contributed by atoms with Crippen molar-refractivity contribution in [2.24, 2.45) is 0 Å². The van der Waals surface area contributed by atoms with Crippen molar-refractivity contribution in [3.8, 4) is 0 Å². The second kappa shape index (κ2) is 46.7. The molecule has 0 saturated carbocycles. The summed E-state index contributed by atoms with van der Waals surface area (Å²) in [6.07, 6.45) is 19.1. The molecule has 2 aliphatic heterocycles. The van der Waals surface area contributed by atoms with Crippen molar-refractivity contribution in [2.75, 3.05) is 32.9 Å². The molecule has 0 radical (unpaired) electrons. The highest BCUT2D eigenvalue weighted by molar-refractivity contribution is 5.70. The third kappa shape index (κ3) is 34.0. The second-order valence-corrected chi connectivity index (χ2v) is 23.5. The van der Waals surface area contributed by atoms with Gasteiger partial charge < -0.3 is 61.7 Å². The van der Waals surface area contributed by atoms with Crippen LogP contribution >= 0.6 is 0 Å². The Hall–Kier alpha value is -5.38. The minimum atomic E-state index is -1.78. The first-order valence-electron chi connectivity index (χ1n) is 33.1. The first-order chi connectivity index (χ1) is 42.4. The summed E-state index contributed by atoms with van der Waals surface area (Å²) < 4.78 is 69.5. The Labute approximate surface area is 524 Å². The Kier molecular flexibility index (Phi) is 40.8. The van der Waals surface area contributed by atoms with Gasteiger partial charge in [0.2, 0.25) is 0 Å². The minimum absolute atomic E-state index is 0.149. The molecule has 10 atom stereocenters. The van der Waals surface area contributed by atoms with Crippen LogP contribution in [-0.2, 0) is 97.0 Å². The van der Waals surface area contributed by atoms with E-state index in [2.05, 4.69) is 6.92 Å². The SMILES string of the molecule is CCCCCCCCCCCCCCCCCCN(CCCCCCCCCCCCCCCO[C@@H]1O[C@H](COC(C)=O)[C@@H](O[C@@H]2O[C@H](COC(C)=O)[C@@H](OC(C)=O)[C@H](OC(C)=O)[C@H]2OC(C)=O)[C@H](OC(C)=O)[C@H]1OC(C)=O)C(=O)OCc1ccccc1. The lowest BCUT2D eigenvalue weighted by molar-refractivity contribution is -0.361. The minimum Gasteiger partial charge on any atom is -0.463 e. The summed E-state index contributed by atoms with van der Waals surface area (Å²) in [4.78, 5) is 102. The average molecular weight is 1250 g/mol. The lowest BCUT2D eigenvalue weighted by Gasteiger charge is -2.48. The maximum atomic E-state index is 13.2. The number of ether oxygens (including phenoxy) is 12. The van der Waals surface area contributed by atoms with E-state index in [0.717, 1.165) is 138 Å². The van der Waals surface area contributed by atoms with E-state index in [0.29, 0.717) is 6.42 Å². The van der Waals surface area contributed by atoms with Gasteiger partial charge >= 0.3 is 47.9 Å². The van der Waals surface area contributed by atoms with Crippen LogP contribution in [0.15, 0.2) is 30.3 Å². The summed E-state index contributed by atoms with van der Waals surface area (Å²) in [5.74, 6) is -5.71. The summed E-state index contributed by atoms with van der Waals surface area (Å²) >= 11 is 0. The van der Waals surface area contributed by atoms with Gasteiger partial charge in [-0.25, -0.2) is 4.79 Å². The molecule has 2 aliphatic rings. The van der Waals surface area contributed by atoms with Crippen molar-refractivity contribution >= 4 is 47.9 Å². The summed E-state index contributed by atoms with van der Waals surface area (Å²) in [5, 5.41) is 0. The molecule has 0 unspecified atom stereocenters. The molecular formula is C67H109NO20. The number of benzene rings is 1. The normalized spacial score (nSPS) is 21.5. The molecule has 0 aromatic heterocycles. The fourth-order valence-electron chi connectivity index (χ4n) is 11.1. The smallest absolute Gasteiger partial charge is 0.410 e. The van der Waals surface area contributed by atoms with Crippen LogP contribution < -0.4 is 0 Å². The van der Waals surface area contributed by atoms with Gasteiger partial charge in [0, 0.05) is 68.2 Å². The van der Waals surface area contributed by atoms with E-state index in [1.54, 1.807) is 0 Å². The van der Waals surface area contributed by atoms with E-state index in [9.17, 15) is 38.4 Å². The Balaban J connectivity index is 1.45. The van der Waals surface area contributed by atoms with Crippen LogP contribution in [0.5, 0.6) is 0 Å². The standard InChI is InChI=1S/C67H109NO20/c1-9-10-11-12-13-14-15-16-17-18-20-23-26-29-32-38-43-68(67(76)80-46-56-41-36-35-37-42-56)44-39-33-30-27-24-21-19-22-25-28-31-34-40-45-77-65-63(84-54(7)74)62(83-53(6)73)60(58(86-65)48-79-50(3)70)88-66-64(85-55(8)75)61(82-52(5)72)59(81-51(4)71)57(87-66)47-78-49(2)69/h35-37,41-42,57-66H,9-34,38-40,43-48H2,1-8H3/t57-,58-,59-,60-,61+,62+,63-,64-,65-,66+/m1/s1. The Morgan fingerprint density at radius 3 is 1.12 bits per heavy atom. The number of carbonyl (C=O) groups is 8. The summed E-state index contributed by atoms with van der Waals surface area (Å²) in [7, 11) is 0. The molecule has 0 bridgehead atoms. The van der Waals surface area contributed by atoms with Gasteiger partial charge in [-0.3, -0.25) is 33.6 Å². The zero-order valence-electron chi connectivity index (χ0n) is 54.5. The zero-order chi connectivity index (χ0) is 64.3. The number of esters is 7. The van der Waals surface area contributed by atoms with E-state index in [1.807, 2.05) is 35.2 Å². The molecule has 2 heterocycles. The van der Waals surface area contributed by atoms with Crippen molar-refractivity contribution in [3.05, 3.63) is 35.9 Å². The molecule has 21 nitrogen and oxygen atoms in total. The molecule has 502 valence electrons. The van der Waals surface area contributed by atoms with Crippen LogP contribution in [-0.4, -0.2) is 147 Å². The van der Waals surface area contributed by atoms with Crippen LogP contribution in [0.2, 0.25) is 0 Å². The number of rotatable bonds is 47. The monoisotopic (exact) mass is 1250 g/mol. The third-order valence-electron chi connectivity index (χ3n) is 15.5. The molecule has 2 fully saturated rings. The van der Waals surface area contributed by atoms with Gasteiger partial charge in [-0.15, -0.1) is 0 Å². The van der Waals surface area contributed by atoms with Gasteiger partial charge in [0.05, 0.1) is 0 Å². The summed E-state index contributed by atoms with van der Waals surface area (Å²) in [6, 6.07) is 9.85. The Bertz CT molecular complexity index is 2130. The molecule has 1 amide bonds. The first kappa shape index (κ1) is 76.9.